The second-order valence-electron chi connectivity index (χ2n) is 2.83. The van der Waals surface area contributed by atoms with Gasteiger partial charge in [-0.3, -0.25) is 9.78 Å². The summed E-state index contributed by atoms with van der Waals surface area (Å²) in [6, 6.07) is 1.65. The SMILES string of the molecule is CCn1nc(Cl)c2cnccc2c1=O. The predicted octanol–water partition coefficient (Wildman–Crippen LogP) is 1.46. The number of aromatic nitrogens is 3. The zero-order valence-corrected chi connectivity index (χ0v) is 8.32. The highest BCUT2D eigenvalue weighted by Gasteiger charge is 2.06. The molecule has 0 fully saturated rings. The Morgan fingerprint density at radius 3 is 3.00 bits per heavy atom. The van der Waals surface area contributed by atoms with Crippen molar-refractivity contribution < 1.29 is 0 Å². The fourth-order valence-corrected chi connectivity index (χ4v) is 1.55. The van der Waals surface area contributed by atoms with Gasteiger partial charge >= 0.3 is 0 Å². The number of halogens is 1. The van der Waals surface area contributed by atoms with Crippen LogP contribution in [0.4, 0.5) is 0 Å². The first-order chi connectivity index (χ1) is 6.74. The third kappa shape index (κ3) is 1.28. The molecule has 4 nitrogen and oxygen atoms in total. The Morgan fingerprint density at radius 2 is 2.29 bits per heavy atom. The monoisotopic (exact) mass is 209 g/mol. The molecule has 0 bridgehead atoms. The van der Waals surface area contributed by atoms with Gasteiger partial charge in [0.25, 0.3) is 5.56 Å². The summed E-state index contributed by atoms with van der Waals surface area (Å²) in [6.45, 7) is 2.36. The molecule has 0 spiro atoms. The maximum atomic E-state index is 11.7. The lowest BCUT2D eigenvalue weighted by Crippen LogP contribution is -2.22. The van der Waals surface area contributed by atoms with Crippen LogP contribution in [0.5, 0.6) is 0 Å². The van der Waals surface area contributed by atoms with E-state index in [0.29, 0.717) is 22.5 Å². The van der Waals surface area contributed by atoms with Crippen LogP contribution in [0.1, 0.15) is 6.92 Å². The lowest BCUT2D eigenvalue weighted by atomic mass is 10.2. The molecular weight excluding hydrogens is 202 g/mol. The van der Waals surface area contributed by atoms with E-state index in [1.807, 2.05) is 6.92 Å². The predicted molar refractivity (Wildman–Crippen MR) is 54.5 cm³/mol. The smallest absolute Gasteiger partial charge is 0.267 e. The molecular formula is C9H8ClN3O. The molecule has 0 N–H and O–H groups in total. The Hall–Kier alpha value is -1.42. The highest BCUT2D eigenvalue weighted by atomic mass is 35.5. The summed E-state index contributed by atoms with van der Waals surface area (Å²) in [6.07, 6.45) is 3.12. The van der Waals surface area contributed by atoms with Gasteiger partial charge in [0.05, 0.1) is 5.39 Å². The van der Waals surface area contributed by atoms with E-state index in [1.54, 1.807) is 18.5 Å². The summed E-state index contributed by atoms with van der Waals surface area (Å²) in [5.41, 5.74) is -0.130. The third-order valence-electron chi connectivity index (χ3n) is 2.02. The maximum Gasteiger partial charge on any atom is 0.274 e. The van der Waals surface area contributed by atoms with Crippen LogP contribution in [0.3, 0.4) is 0 Å². The minimum atomic E-state index is -0.130. The Morgan fingerprint density at radius 1 is 1.50 bits per heavy atom. The van der Waals surface area contributed by atoms with E-state index in [1.165, 1.54) is 4.68 Å². The molecule has 0 aliphatic rings. The summed E-state index contributed by atoms with van der Waals surface area (Å²) < 4.78 is 1.34. The van der Waals surface area contributed by atoms with Gasteiger partial charge in [0, 0.05) is 24.3 Å². The van der Waals surface area contributed by atoms with E-state index in [9.17, 15) is 4.79 Å². The molecule has 5 heteroatoms. The number of fused-ring (bicyclic) bond motifs is 1. The quantitative estimate of drug-likeness (QED) is 0.715. The van der Waals surface area contributed by atoms with Gasteiger partial charge in [0.2, 0.25) is 0 Å². The van der Waals surface area contributed by atoms with Gasteiger partial charge in [-0.05, 0) is 13.0 Å². The van der Waals surface area contributed by atoms with Crippen LogP contribution in [0.15, 0.2) is 23.3 Å². The van der Waals surface area contributed by atoms with Gasteiger partial charge in [0.1, 0.15) is 0 Å². The van der Waals surface area contributed by atoms with Crippen molar-refractivity contribution in [3.8, 4) is 0 Å². The number of rotatable bonds is 1. The molecule has 0 radical (unpaired) electrons. The molecule has 0 atom stereocenters. The first-order valence-electron chi connectivity index (χ1n) is 4.24. The Kier molecular flexibility index (Phi) is 2.21. The van der Waals surface area contributed by atoms with Crippen LogP contribution in [-0.4, -0.2) is 14.8 Å². The minimum Gasteiger partial charge on any atom is -0.267 e. The second kappa shape index (κ2) is 3.38. The van der Waals surface area contributed by atoms with Gasteiger partial charge < -0.3 is 0 Å². The Bertz CT molecular complexity index is 535. The van der Waals surface area contributed by atoms with E-state index in [0.717, 1.165) is 0 Å². The van der Waals surface area contributed by atoms with Crippen LogP contribution in [-0.2, 0) is 6.54 Å². The molecule has 0 saturated carbocycles. The minimum absolute atomic E-state index is 0.130. The van der Waals surface area contributed by atoms with Crippen molar-refractivity contribution in [3.05, 3.63) is 34.0 Å². The first-order valence-corrected chi connectivity index (χ1v) is 4.62. The van der Waals surface area contributed by atoms with Crippen molar-refractivity contribution >= 4 is 22.4 Å². The first kappa shape index (κ1) is 9.15. The lowest BCUT2D eigenvalue weighted by molar-refractivity contribution is 0.623. The van der Waals surface area contributed by atoms with E-state index in [2.05, 4.69) is 10.1 Å². The van der Waals surface area contributed by atoms with Crippen LogP contribution in [0.2, 0.25) is 5.15 Å². The van der Waals surface area contributed by atoms with Crippen molar-refractivity contribution in [1.82, 2.24) is 14.8 Å². The van der Waals surface area contributed by atoms with Crippen molar-refractivity contribution in [2.45, 2.75) is 13.5 Å². The normalized spacial score (nSPS) is 10.7. The summed E-state index contributed by atoms with van der Waals surface area (Å²) in [7, 11) is 0. The molecule has 2 aromatic heterocycles. The largest absolute Gasteiger partial charge is 0.274 e. The number of nitrogens with zero attached hydrogens (tertiary/aromatic N) is 3. The summed E-state index contributed by atoms with van der Waals surface area (Å²) in [5.74, 6) is 0. The zero-order chi connectivity index (χ0) is 10.1. The lowest BCUT2D eigenvalue weighted by Gasteiger charge is -2.03. The van der Waals surface area contributed by atoms with Gasteiger partial charge in [-0.1, -0.05) is 11.6 Å². The van der Waals surface area contributed by atoms with Crippen LogP contribution in [0, 0.1) is 0 Å². The summed E-state index contributed by atoms with van der Waals surface area (Å²) in [5, 5.41) is 5.42. The van der Waals surface area contributed by atoms with Gasteiger partial charge in [-0.2, -0.15) is 5.10 Å². The van der Waals surface area contributed by atoms with Crippen LogP contribution < -0.4 is 5.56 Å². The average Bonchev–Trinajstić information content (AvgIpc) is 2.23. The molecule has 2 heterocycles. The van der Waals surface area contributed by atoms with Crippen LogP contribution >= 0.6 is 11.6 Å². The molecule has 0 unspecified atom stereocenters. The Labute approximate surface area is 85.1 Å². The second-order valence-corrected chi connectivity index (χ2v) is 3.19. The number of hydrogen-bond acceptors (Lipinski definition) is 3. The molecule has 0 amide bonds. The molecule has 2 rings (SSSR count). The molecule has 14 heavy (non-hydrogen) atoms. The van der Waals surface area contributed by atoms with E-state index in [4.69, 9.17) is 11.6 Å². The highest BCUT2D eigenvalue weighted by Crippen LogP contribution is 2.15. The van der Waals surface area contributed by atoms with Gasteiger partial charge in [-0.25, -0.2) is 4.68 Å². The molecule has 2 aromatic rings. The standard InChI is InChI=1S/C9H8ClN3O/c1-2-13-9(14)6-3-4-11-5-7(6)8(10)12-13/h3-5H,2H2,1H3. The summed E-state index contributed by atoms with van der Waals surface area (Å²) in [4.78, 5) is 15.6. The molecule has 0 aromatic carbocycles. The molecule has 0 aliphatic heterocycles. The van der Waals surface area contributed by atoms with Crippen molar-refractivity contribution in [2.24, 2.45) is 0 Å². The fourth-order valence-electron chi connectivity index (χ4n) is 1.30. The topological polar surface area (TPSA) is 47.8 Å². The van der Waals surface area contributed by atoms with Gasteiger partial charge in [0.15, 0.2) is 5.15 Å². The molecule has 0 saturated heterocycles. The van der Waals surface area contributed by atoms with Crippen molar-refractivity contribution in [1.29, 1.82) is 0 Å². The fraction of sp³-hybridized carbons (Fsp3) is 0.222. The van der Waals surface area contributed by atoms with E-state index < -0.39 is 0 Å². The average molecular weight is 210 g/mol. The van der Waals surface area contributed by atoms with Crippen molar-refractivity contribution in [3.63, 3.8) is 0 Å². The zero-order valence-electron chi connectivity index (χ0n) is 7.57. The summed E-state index contributed by atoms with van der Waals surface area (Å²) >= 11 is 5.90. The highest BCUT2D eigenvalue weighted by molar-refractivity contribution is 6.34. The third-order valence-corrected chi connectivity index (χ3v) is 2.30. The number of hydrogen-bond donors (Lipinski definition) is 0. The Balaban J connectivity index is 2.95. The molecule has 0 aliphatic carbocycles. The molecule has 72 valence electrons. The van der Waals surface area contributed by atoms with E-state index in [-0.39, 0.29) is 5.56 Å². The van der Waals surface area contributed by atoms with Gasteiger partial charge in [-0.15, -0.1) is 0 Å². The number of aryl methyl sites for hydroxylation is 1. The van der Waals surface area contributed by atoms with Crippen molar-refractivity contribution in [2.75, 3.05) is 0 Å². The van der Waals surface area contributed by atoms with Crippen LogP contribution in [0.25, 0.3) is 10.8 Å². The number of pyridine rings is 1. The van der Waals surface area contributed by atoms with E-state index >= 15 is 0 Å². The maximum absolute atomic E-state index is 11.7.